The molecule has 0 saturated heterocycles. The van der Waals surface area contributed by atoms with Crippen LogP contribution < -0.4 is 0 Å². The summed E-state index contributed by atoms with van der Waals surface area (Å²) in [7, 11) is 0. The number of carbonyl (C=O) groups is 1. The van der Waals surface area contributed by atoms with Crippen LogP contribution in [0.4, 0.5) is 0 Å². The molecule has 0 unspecified atom stereocenters. The largest absolute Gasteiger partial charge is 0.299 e. The zero-order valence-corrected chi connectivity index (χ0v) is 8.21. The van der Waals surface area contributed by atoms with Crippen molar-refractivity contribution in [2.45, 2.75) is 13.3 Å². The molecule has 13 heavy (non-hydrogen) atoms. The van der Waals surface area contributed by atoms with E-state index in [1.807, 2.05) is 31.2 Å². The van der Waals surface area contributed by atoms with Gasteiger partial charge in [-0.2, -0.15) is 0 Å². The van der Waals surface area contributed by atoms with E-state index in [4.69, 9.17) is 11.6 Å². The highest BCUT2D eigenvalue weighted by molar-refractivity contribution is 6.32. The first-order valence-electron chi connectivity index (χ1n) is 4.09. The van der Waals surface area contributed by atoms with Gasteiger partial charge >= 0.3 is 0 Å². The molecule has 0 aromatic heterocycles. The third-order valence-electron chi connectivity index (χ3n) is 1.76. The predicted octanol–water partition coefficient (Wildman–Crippen LogP) is 3.14. The number of hydrogen-bond acceptors (Lipinski definition) is 1. The molecule has 0 fully saturated rings. The Morgan fingerprint density at radius 1 is 1.62 bits per heavy atom. The van der Waals surface area contributed by atoms with E-state index in [1.165, 1.54) is 6.08 Å². The topological polar surface area (TPSA) is 17.1 Å². The molecule has 1 nitrogen and oxygen atoms in total. The number of hydrogen-bond donors (Lipinski definition) is 0. The van der Waals surface area contributed by atoms with Crippen molar-refractivity contribution in [3.05, 3.63) is 46.6 Å². The first-order valence-corrected chi connectivity index (χ1v) is 4.47. The van der Waals surface area contributed by atoms with E-state index < -0.39 is 0 Å². The van der Waals surface area contributed by atoms with Gasteiger partial charge in [0.25, 0.3) is 0 Å². The van der Waals surface area contributed by atoms with Gasteiger partial charge in [0.1, 0.15) is 6.29 Å². The monoisotopic (exact) mass is 194 g/mol. The highest BCUT2D eigenvalue weighted by Gasteiger charge is 2.02. The molecule has 0 heterocycles. The molecular formula is C11H11ClO. The van der Waals surface area contributed by atoms with E-state index in [-0.39, 0.29) is 0 Å². The van der Waals surface area contributed by atoms with E-state index in [9.17, 15) is 4.79 Å². The summed E-state index contributed by atoms with van der Waals surface area (Å²) in [6.07, 6.45) is 10.9. The van der Waals surface area contributed by atoms with Crippen LogP contribution in [-0.4, -0.2) is 6.29 Å². The van der Waals surface area contributed by atoms with Gasteiger partial charge in [0.2, 0.25) is 0 Å². The van der Waals surface area contributed by atoms with Gasteiger partial charge in [0.15, 0.2) is 0 Å². The second kappa shape index (κ2) is 4.83. The van der Waals surface area contributed by atoms with Crippen molar-refractivity contribution in [3.63, 3.8) is 0 Å². The molecule has 1 aliphatic carbocycles. The molecule has 0 spiro atoms. The van der Waals surface area contributed by atoms with Gasteiger partial charge in [-0.3, -0.25) is 4.79 Å². The van der Waals surface area contributed by atoms with Crippen molar-refractivity contribution >= 4 is 17.9 Å². The van der Waals surface area contributed by atoms with E-state index in [0.717, 1.165) is 17.6 Å². The zero-order valence-electron chi connectivity index (χ0n) is 7.46. The molecule has 0 aromatic carbocycles. The maximum Gasteiger partial charge on any atom is 0.144 e. The first-order chi connectivity index (χ1) is 6.24. The fourth-order valence-electron chi connectivity index (χ4n) is 1.13. The average molecular weight is 195 g/mol. The van der Waals surface area contributed by atoms with Crippen LogP contribution >= 0.6 is 11.6 Å². The Bertz CT molecular complexity index is 319. The van der Waals surface area contributed by atoms with Crippen molar-refractivity contribution in [2.75, 3.05) is 0 Å². The van der Waals surface area contributed by atoms with E-state index in [2.05, 4.69) is 0 Å². The third kappa shape index (κ3) is 3.03. The molecule has 68 valence electrons. The van der Waals surface area contributed by atoms with Crippen LogP contribution in [0.15, 0.2) is 46.6 Å². The smallest absolute Gasteiger partial charge is 0.144 e. The van der Waals surface area contributed by atoms with Crippen molar-refractivity contribution in [3.8, 4) is 0 Å². The summed E-state index contributed by atoms with van der Waals surface area (Å²) in [5.74, 6) is 0. The standard InChI is InChI=1S/C11H11ClO/c1-9-4-2-3-5-10(8-9)11(12)6-7-13/h2-4,6-8H,5H2,1H3/b11-6-. The minimum absolute atomic E-state index is 0.523. The Morgan fingerprint density at radius 3 is 3.08 bits per heavy atom. The number of halogens is 1. The Kier molecular flexibility index (Phi) is 3.71. The lowest BCUT2D eigenvalue weighted by atomic mass is 10.1. The minimum atomic E-state index is 0.523. The number of rotatable bonds is 2. The van der Waals surface area contributed by atoms with Crippen LogP contribution in [-0.2, 0) is 4.79 Å². The van der Waals surface area contributed by atoms with Gasteiger partial charge in [-0.25, -0.2) is 0 Å². The van der Waals surface area contributed by atoms with Crippen LogP contribution in [0.3, 0.4) is 0 Å². The highest BCUT2D eigenvalue weighted by Crippen LogP contribution is 2.22. The Hall–Kier alpha value is -1.08. The maximum absolute atomic E-state index is 10.2. The molecule has 1 aliphatic rings. The summed E-state index contributed by atoms with van der Waals surface area (Å²) >= 11 is 5.90. The molecular weight excluding hydrogens is 184 g/mol. The van der Waals surface area contributed by atoms with E-state index >= 15 is 0 Å². The van der Waals surface area contributed by atoms with Crippen LogP contribution in [0.5, 0.6) is 0 Å². The van der Waals surface area contributed by atoms with Gasteiger partial charge in [-0.05, 0) is 25.0 Å². The van der Waals surface area contributed by atoms with Gasteiger partial charge < -0.3 is 0 Å². The Morgan fingerprint density at radius 2 is 2.38 bits per heavy atom. The molecule has 0 atom stereocenters. The fourth-order valence-corrected chi connectivity index (χ4v) is 1.31. The predicted molar refractivity (Wildman–Crippen MR) is 55.6 cm³/mol. The molecule has 0 bridgehead atoms. The summed E-state index contributed by atoms with van der Waals surface area (Å²) in [5.41, 5.74) is 2.12. The lowest BCUT2D eigenvalue weighted by Crippen LogP contribution is -1.82. The maximum atomic E-state index is 10.2. The normalized spacial score (nSPS) is 17.5. The lowest BCUT2D eigenvalue weighted by Gasteiger charge is -2.00. The summed E-state index contributed by atoms with van der Waals surface area (Å²) < 4.78 is 0. The van der Waals surface area contributed by atoms with Crippen LogP contribution in [0.1, 0.15) is 13.3 Å². The Labute approximate surface area is 83.1 Å². The minimum Gasteiger partial charge on any atom is -0.299 e. The van der Waals surface area contributed by atoms with Crippen molar-refractivity contribution in [2.24, 2.45) is 0 Å². The molecule has 0 N–H and O–H groups in total. The summed E-state index contributed by atoms with van der Waals surface area (Å²) in [5, 5.41) is 0.523. The lowest BCUT2D eigenvalue weighted by molar-refractivity contribution is -0.104. The zero-order chi connectivity index (χ0) is 9.68. The molecule has 0 radical (unpaired) electrons. The van der Waals surface area contributed by atoms with E-state index in [1.54, 1.807) is 0 Å². The highest BCUT2D eigenvalue weighted by atomic mass is 35.5. The molecule has 0 aliphatic heterocycles. The molecule has 0 amide bonds. The van der Waals surface area contributed by atoms with Gasteiger partial charge in [0.05, 0.1) is 0 Å². The second-order valence-corrected chi connectivity index (χ2v) is 3.27. The van der Waals surface area contributed by atoms with Gasteiger partial charge in [-0.1, -0.05) is 41.5 Å². The third-order valence-corrected chi connectivity index (χ3v) is 2.12. The van der Waals surface area contributed by atoms with Crippen LogP contribution in [0, 0.1) is 0 Å². The summed E-state index contributed by atoms with van der Waals surface area (Å²) in [6.45, 7) is 2.00. The quantitative estimate of drug-likeness (QED) is 0.488. The molecule has 0 saturated carbocycles. The average Bonchev–Trinajstić information content (AvgIpc) is 2.30. The van der Waals surface area contributed by atoms with Crippen LogP contribution in [0.25, 0.3) is 0 Å². The Balaban J connectivity index is 2.93. The van der Waals surface area contributed by atoms with E-state index in [0.29, 0.717) is 11.3 Å². The summed E-state index contributed by atoms with van der Waals surface area (Å²) in [6, 6.07) is 0. The molecule has 1 rings (SSSR count). The van der Waals surface area contributed by atoms with Crippen molar-refractivity contribution in [1.82, 2.24) is 0 Å². The molecule has 0 aromatic rings. The van der Waals surface area contributed by atoms with Gasteiger partial charge in [-0.15, -0.1) is 0 Å². The van der Waals surface area contributed by atoms with Crippen LogP contribution in [0.2, 0.25) is 0 Å². The van der Waals surface area contributed by atoms with Gasteiger partial charge in [0, 0.05) is 5.03 Å². The summed E-state index contributed by atoms with van der Waals surface area (Å²) in [4.78, 5) is 10.2. The second-order valence-electron chi connectivity index (χ2n) is 2.86. The number of allylic oxidation sites excluding steroid dienone is 8. The molecule has 2 heteroatoms. The number of aldehydes is 1. The van der Waals surface area contributed by atoms with Crippen molar-refractivity contribution in [1.29, 1.82) is 0 Å². The van der Waals surface area contributed by atoms with Crippen molar-refractivity contribution < 1.29 is 4.79 Å². The first kappa shape index (κ1) is 10.0. The fraction of sp³-hybridized carbons (Fsp3) is 0.182. The number of carbonyl (C=O) groups excluding carboxylic acids is 1. The SMILES string of the molecule is CC1=CC=CCC(/C(Cl)=C/C=O)=C1.